The van der Waals surface area contributed by atoms with Gasteiger partial charge in [0.05, 0.1) is 5.56 Å². The number of likely N-dealkylation sites (tertiary alicyclic amines) is 1. The lowest BCUT2D eigenvalue weighted by atomic mass is 9.93. The van der Waals surface area contributed by atoms with Crippen LogP contribution in [0.2, 0.25) is 0 Å². The summed E-state index contributed by atoms with van der Waals surface area (Å²) in [4.78, 5) is 2.53. The molecule has 29 heavy (non-hydrogen) atoms. The molecule has 0 aromatic heterocycles. The van der Waals surface area contributed by atoms with E-state index in [1.165, 1.54) is 28.8 Å². The molecule has 2 bridgehead atoms. The van der Waals surface area contributed by atoms with Crippen molar-refractivity contribution in [2.75, 3.05) is 6.54 Å². The fourth-order valence-electron chi connectivity index (χ4n) is 5.01. The van der Waals surface area contributed by atoms with Crippen molar-refractivity contribution in [3.63, 3.8) is 0 Å². The first-order valence-corrected chi connectivity index (χ1v) is 10.1. The van der Waals surface area contributed by atoms with Crippen molar-refractivity contribution in [2.45, 2.75) is 37.5 Å². The number of benzene rings is 3. The van der Waals surface area contributed by atoms with Gasteiger partial charge in [-0.1, -0.05) is 60.7 Å². The topological polar surface area (TPSA) is 3.24 Å². The highest BCUT2D eigenvalue weighted by Crippen LogP contribution is 2.52. The summed E-state index contributed by atoms with van der Waals surface area (Å²) in [5.41, 5.74) is 5.32. The van der Waals surface area contributed by atoms with Crippen LogP contribution in [0.1, 0.15) is 47.1 Å². The van der Waals surface area contributed by atoms with Gasteiger partial charge < -0.3 is 0 Å². The SMILES string of the molecule is FC(F)(F)c1ccc(-c2cccc3c2C2CC3CCN2Cc2ccccc2)cc1. The monoisotopic (exact) mass is 393 g/mol. The average molecular weight is 393 g/mol. The smallest absolute Gasteiger partial charge is 0.292 e. The second-order valence-electron chi connectivity index (χ2n) is 8.08. The number of alkyl halides is 3. The Morgan fingerprint density at radius 1 is 0.862 bits per heavy atom. The number of nitrogens with zero attached hydrogens (tertiary/aromatic N) is 1. The largest absolute Gasteiger partial charge is 0.416 e. The van der Waals surface area contributed by atoms with Crippen molar-refractivity contribution >= 4 is 0 Å². The first-order valence-electron chi connectivity index (χ1n) is 10.1. The molecule has 3 aromatic carbocycles. The summed E-state index contributed by atoms with van der Waals surface area (Å²) in [6, 6.07) is 22.7. The summed E-state index contributed by atoms with van der Waals surface area (Å²) < 4.78 is 38.9. The summed E-state index contributed by atoms with van der Waals surface area (Å²) in [6.07, 6.45) is -2.08. The maximum absolute atomic E-state index is 13.0. The predicted octanol–water partition coefficient (Wildman–Crippen LogP) is 6.81. The van der Waals surface area contributed by atoms with Crippen molar-refractivity contribution in [1.82, 2.24) is 4.90 Å². The van der Waals surface area contributed by atoms with Crippen molar-refractivity contribution < 1.29 is 13.2 Å². The average Bonchev–Trinajstić information content (AvgIpc) is 3.04. The maximum Gasteiger partial charge on any atom is 0.416 e. The third kappa shape index (κ3) is 3.36. The molecular weight excluding hydrogens is 371 g/mol. The van der Waals surface area contributed by atoms with Crippen LogP contribution in [0.15, 0.2) is 72.8 Å². The van der Waals surface area contributed by atoms with Gasteiger partial charge in [-0.25, -0.2) is 0 Å². The first-order chi connectivity index (χ1) is 14.0. The van der Waals surface area contributed by atoms with E-state index in [9.17, 15) is 13.2 Å². The van der Waals surface area contributed by atoms with Crippen LogP contribution in [0.5, 0.6) is 0 Å². The number of fused-ring (bicyclic) bond motifs is 5. The van der Waals surface area contributed by atoms with Crippen LogP contribution in [-0.4, -0.2) is 11.4 Å². The van der Waals surface area contributed by atoms with E-state index in [2.05, 4.69) is 41.3 Å². The zero-order chi connectivity index (χ0) is 20.0. The third-order valence-electron chi connectivity index (χ3n) is 6.38. The van der Waals surface area contributed by atoms with Crippen LogP contribution in [0, 0.1) is 0 Å². The summed E-state index contributed by atoms with van der Waals surface area (Å²) in [5, 5.41) is 0. The van der Waals surface area contributed by atoms with E-state index in [-0.39, 0.29) is 0 Å². The van der Waals surface area contributed by atoms with Crippen LogP contribution >= 0.6 is 0 Å². The Morgan fingerprint density at radius 3 is 2.34 bits per heavy atom. The normalized spacial score (nSPS) is 21.2. The third-order valence-corrected chi connectivity index (χ3v) is 6.38. The Balaban J connectivity index is 1.52. The van der Waals surface area contributed by atoms with Crippen LogP contribution in [0.4, 0.5) is 13.2 Å². The lowest BCUT2D eigenvalue weighted by molar-refractivity contribution is -0.137. The van der Waals surface area contributed by atoms with E-state index in [0.29, 0.717) is 12.0 Å². The molecule has 1 saturated heterocycles. The fourth-order valence-corrected chi connectivity index (χ4v) is 5.01. The lowest BCUT2D eigenvalue weighted by Crippen LogP contribution is -2.31. The number of piperidine rings is 1. The van der Waals surface area contributed by atoms with Gasteiger partial charge in [-0.15, -0.1) is 0 Å². The van der Waals surface area contributed by atoms with Crippen LogP contribution in [0.3, 0.4) is 0 Å². The molecule has 0 radical (unpaired) electrons. The Kier molecular flexibility index (Phi) is 4.47. The summed E-state index contributed by atoms with van der Waals surface area (Å²) >= 11 is 0. The van der Waals surface area contributed by atoms with E-state index in [1.54, 1.807) is 12.1 Å². The highest BCUT2D eigenvalue weighted by molar-refractivity contribution is 5.71. The Hall–Kier alpha value is -2.59. The number of rotatable bonds is 3. The maximum atomic E-state index is 13.0. The molecule has 2 aliphatic rings. The second-order valence-corrected chi connectivity index (χ2v) is 8.08. The van der Waals surface area contributed by atoms with Gasteiger partial charge in [0.2, 0.25) is 0 Å². The van der Waals surface area contributed by atoms with Crippen molar-refractivity contribution in [3.8, 4) is 11.1 Å². The Labute approximate surface area is 168 Å². The molecule has 2 atom stereocenters. The van der Waals surface area contributed by atoms with Gasteiger partial charge in [-0.05, 0) is 65.3 Å². The quantitative estimate of drug-likeness (QED) is 0.473. The number of hydrogen-bond donors (Lipinski definition) is 0. The summed E-state index contributed by atoms with van der Waals surface area (Å²) in [6.45, 7) is 1.95. The van der Waals surface area contributed by atoms with Gasteiger partial charge in [-0.2, -0.15) is 13.2 Å². The molecular formula is C25H22F3N. The minimum atomic E-state index is -4.31. The van der Waals surface area contributed by atoms with Gasteiger partial charge in [-0.3, -0.25) is 4.90 Å². The van der Waals surface area contributed by atoms with Gasteiger partial charge in [0.25, 0.3) is 0 Å². The van der Waals surface area contributed by atoms with Crippen LogP contribution < -0.4 is 0 Å². The van der Waals surface area contributed by atoms with Gasteiger partial charge in [0.1, 0.15) is 0 Å². The minimum absolute atomic E-state index is 0.322. The Bertz CT molecular complexity index is 1010. The molecule has 0 amide bonds. The minimum Gasteiger partial charge on any atom is -0.292 e. The summed E-state index contributed by atoms with van der Waals surface area (Å²) in [7, 11) is 0. The molecule has 0 spiro atoms. The van der Waals surface area contributed by atoms with E-state index in [4.69, 9.17) is 0 Å². The van der Waals surface area contributed by atoms with E-state index < -0.39 is 11.7 Å². The predicted molar refractivity (Wildman–Crippen MR) is 108 cm³/mol. The zero-order valence-corrected chi connectivity index (χ0v) is 16.0. The van der Waals surface area contributed by atoms with Crippen molar-refractivity contribution in [3.05, 3.63) is 95.1 Å². The molecule has 1 fully saturated rings. The zero-order valence-electron chi connectivity index (χ0n) is 16.0. The second kappa shape index (κ2) is 7.03. The molecule has 3 aromatic rings. The van der Waals surface area contributed by atoms with Gasteiger partial charge in [0, 0.05) is 12.6 Å². The molecule has 1 nitrogen and oxygen atoms in total. The van der Waals surface area contributed by atoms with E-state index in [1.807, 2.05) is 12.1 Å². The molecule has 5 rings (SSSR count). The Morgan fingerprint density at radius 2 is 1.62 bits per heavy atom. The van der Waals surface area contributed by atoms with Gasteiger partial charge >= 0.3 is 6.18 Å². The van der Waals surface area contributed by atoms with E-state index in [0.717, 1.165) is 37.1 Å². The fraction of sp³-hybridized carbons (Fsp3) is 0.280. The van der Waals surface area contributed by atoms with E-state index >= 15 is 0 Å². The number of hydrogen-bond acceptors (Lipinski definition) is 1. The molecule has 1 aliphatic carbocycles. The standard InChI is InChI=1S/C25H22F3N/c26-25(27,28)20-11-9-18(10-12-20)21-7-4-8-22-19-13-14-29(23(15-19)24(21)22)16-17-5-2-1-3-6-17/h1-12,19,23H,13-16H2. The summed E-state index contributed by atoms with van der Waals surface area (Å²) in [5.74, 6) is 0.552. The molecule has 0 saturated carbocycles. The van der Waals surface area contributed by atoms with Crippen LogP contribution in [0.25, 0.3) is 11.1 Å². The highest BCUT2D eigenvalue weighted by Gasteiger charge is 2.40. The highest BCUT2D eigenvalue weighted by atomic mass is 19.4. The molecule has 1 heterocycles. The van der Waals surface area contributed by atoms with Crippen molar-refractivity contribution in [1.29, 1.82) is 0 Å². The molecule has 0 N–H and O–H groups in total. The molecule has 4 heteroatoms. The van der Waals surface area contributed by atoms with Gasteiger partial charge in [0.15, 0.2) is 0 Å². The molecule has 2 unspecified atom stereocenters. The first kappa shape index (κ1) is 18.4. The lowest BCUT2D eigenvalue weighted by Gasteiger charge is -2.34. The van der Waals surface area contributed by atoms with Crippen LogP contribution in [-0.2, 0) is 12.7 Å². The molecule has 148 valence electrons. The molecule has 1 aliphatic heterocycles. The van der Waals surface area contributed by atoms with Crippen molar-refractivity contribution in [2.24, 2.45) is 0 Å². The number of halogens is 3.